The summed E-state index contributed by atoms with van der Waals surface area (Å²) in [4.78, 5) is 0. The fourth-order valence-electron chi connectivity index (χ4n) is 0.916. The molecular formula is C9H21NOS. The summed E-state index contributed by atoms with van der Waals surface area (Å²) in [6.45, 7) is 6.55. The molecule has 0 aliphatic heterocycles. The van der Waals surface area contributed by atoms with Gasteiger partial charge in [-0.25, -0.2) is 0 Å². The van der Waals surface area contributed by atoms with Gasteiger partial charge in [-0.1, -0.05) is 13.8 Å². The molecule has 0 radical (unpaired) electrons. The van der Waals surface area contributed by atoms with Crippen LogP contribution in [0.15, 0.2) is 0 Å². The summed E-state index contributed by atoms with van der Waals surface area (Å²) in [7, 11) is -0.620. The largest absolute Gasteiger partial charge is 0.317 e. The molecule has 1 N–H and O–H groups in total. The molecule has 0 aliphatic carbocycles. The third-order valence-electron chi connectivity index (χ3n) is 1.68. The highest BCUT2D eigenvalue weighted by Crippen LogP contribution is 1.96. The van der Waals surface area contributed by atoms with E-state index in [1.807, 2.05) is 0 Å². The molecule has 3 heteroatoms. The van der Waals surface area contributed by atoms with E-state index in [1.165, 1.54) is 6.42 Å². The van der Waals surface area contributed by atoms with Gasteiger partial charge in [0.05, 0.1) is 0 Å². The SMILES string of the molecule is CC(C)CCNCCCS(C)=O. The highest BCUT2D eigenvalue weighted by Gasteiger charge is 1.93. The number of hydrogen-bond acceptors (Lipinski definition) is 2. The molecule has 0 rings (SSSR count). The molecule has 12 heavy (non-hydrogen) atoms. The maximum absolute atomic E-state index is 10.7. The standard InChI is InChI=1S/C9H21NOS/c1-9(2)5-7-10-6-4-8-12(3)11/h9-10H,4-8H2,1-3H3. The van der Waals surface area contributed by atoms with Crippen LogP contribution in [0.2, 0.25) is 0 Å². The average Bonchev–Trinajstić information content (AvgIpc) is 1.95. The minimum atomic E-state index is -0.620. The molecule has 1 atom stereocenters. The molecule has 0 heterocycles. The zero-order valence-corrected chi connectivity index (χ0v) is 9.25. The number of hydrogen-bond donors (Lipinski definition) is 1. The Morgan fingerprint density at radius 1 is 1.33 bits per heavy atom. The van der Waals surface area contributed by atoms with E-state index in [1.54, 1.807) is 6.26 Å². The number of rotatable bonds is 7. The lowest BCUT2D eigenvalue weighted by molar-refractivity contribution is 0.537. The summed E-state index contributed by atoms with van der Waals surface area (Å²) in [6, 6.07) is 0. The summed E-state index contributed by atoms with van der Waals surface area (Å²) < 4.78 is 10.7. The lowest BCUT2D eigenvalue weighted by Gasteiger charge is -2.05. The molecule has 0 fully saturated rings. The van der Waals surface area contributed by atoms with Gasteiger partial charge in [0, 0.05) is 22.8 Å². The minimum Gasteiger partial charge on any atom is -0.317 e. The van der Waals surface area contributed by atoms with E-state index in [-0.39, 0.29) is 0 Å². The van der Waals surface area contributed by atoms with Crippen LogP contribution in [-0.2, 0) is 10.8 Å². The Bertz CT molecular complexity index is 126. The summed E-state index contributed by atoms with van der Waals surface area (Å²) >= 11 is 0. The molecule has 0 bridgehead atoms. The highest BCUT2D eigenvalue weighted by molar-refractivity contribution is 7.84. The molecule has 0 amide bonds. The van der Waals surface area contributed by atoms with Gasteiger partial charge >= 0.3 is 0 Å². The van der Waals surface area contributed by atoms with Gasteiger partial charge in [-0.05, 0) is 31.8 Å². The first-order valence-corrected chi connectivity index (χ1v) is 6.36. The first-order chi connectivity index (χ1) is 5.63. The molecule has 0 saturated heterocycles. The molecular weight excluding hydrogens is 170 g/mol. The molecule has 0 aromatic heterocycles. The first kappa shape index (κ1) is 12.1. The Morgan fingerprint density at radius 2 is 2.00 bits per heavy atom. The van der Waals surface area contributed by atoms with E-state index in [2.05, 4.69) is 19.2 Å². The second-order valence-corrected chi connectivity index (χ2v) is 5.12. The summed E-state index contributed by atoms with van der Waals surface area (Å²) in [5.74, 6) is 1.60. The summed E-state index contributed by atoms with van der Waals surface area (Å²) in [5, 5.41) is 3.34. The van der Waals surface area contributed by atoms with Gasteiger partial charge in [0.1, 0.15) is 0 Å². The van der Waals surface area contributed by atoms with Crippen molar-refractivity contribution in [1.82, 2.24) is 5.32 Å². The Morgan fingerprint density at radius 3 is 2.50 bits per heavy atom. The molecule has 1 unspecified atom stereocenters. The zero-order valence-electron chi connectivity index (χ0n) is 8.43. The lowest BCUT2D eigenvalue weighted by Crippen LogP contribution is -2.19. The van der Waals surface area contributed by atoms with Crippen LogP contribution in [0.4, 0.5) is 0 Å². The normalized spacial score (nSPS) is 13.7. The van der Waals surface area contributed by atoms with Gasteiger partial charge in [0.25, 0.3) is 0 Å². The molecule has 74 valence electrons. The smallest absolute Gasteiger partial charge is 0.0244 e. The van der Waals surface area contributed by atoms with E-state index in [4.69, 9.17) is 0 Å². The van der Waals surface area contributed by atoms with E-state index in [9.17, 15) is 4.21 Å². The second kappa shape index (κ2) is 7.74. The molecule has 0 aliphatic rings. The van der Waals surface area contributed by atoms with Gasteiger partial charge in [-0.2, -0.15) is 0 Å². The van der Waals surface area contributed by atoms with Crippen LogP contribution in [-0.4, -0.2) is 29.3 Å². The van der Waals surface area contributed by atoms with Crippen LogP contribution in [0.1, 0.15) is 26.7 Å². The second-order valence-electron chi connectivity index (χ2n) is 3.56. The van der Waals surface area contributed by atoms with Gasteiger partial charge in [-0.3, -0.25) is 4.21 Å². The molecule has 2 nitrogen and oxygen atoms in total. The number of nitrogens with one attached hydrogen (secondary N) is 1. The Balaban J connectivity index is 2.96. The Hall–Kier alpha value is 0.110. The fraction of sp³-hybridized carbons (Fsp3) is 1.00. The third kappa shape index (κ3) is 10.1. The van der Waals surface area contributed by atoms with Crippen molar-refractivity contribution < 1.29 is 4.21 Å². The summed E-state index contributed by atoms with van der Waals surface area (Å²) in [6.07, 6.45) is 4.02. The maximum Gasteiger partial charge on any atom is 0.0244 e. The van der Waals surface area contributed by atoms with Crippen LogP contribution in [0, 0.1) is 5.92 Å². The van der Waals surface area contributed by atoms with Gasteiger partial charge < -0.3 is 5.32 Å². The molecule has 0 saturated carbocycles. The van der Waals surface area contributed by atoms with Gasteiger partial charge in [0.2, 0.25) is 0 Å². The highest BCUT2D eigenvalue weighted by atomic mass is 32.2. The fourth-order valence-corrected chi connectivity index (χ4v) is 1.47. The van der Waals surface area contributed by atoms with E-state index in [0.717, 1.165) is 31.2 Å². The van der Waals surface area contributed by atoms with E-state index < -0.39 is 10.8 Å². The summed E-state index contributed by atoms with van der Waals surface area (Å²) in [5.41, 5.74) is 0. The van der Waals surface area contributed by atoms with Crippen molar-refractivity contribution >= 4 is 10.8 Å². The van der Waals surface area contributed by atoms with Crippen LogP contribution >= 0.6 is 0 Å². The van der Waals surface area contributed by atoms with Crippen molar-refractivity contribution in [3.05, 3.63) is 0 Å². The lowest BCUT2D eigenvalue weighted by atomic mass is 10.1. The van der Waals surface area contributed by atoms with Crippen molar-refractivity contribution in [1.29, 1.82) is 0 Å². The van der Waals surface area contributed by atoms with Crippen LogP contribution in [0.5, 0.6) is 0 Å². The predicted molar refractivity (Wildman–Crippen MR) is 55.9 cm³/mol. The topological polar surface area (TPSA) is 29.1 Å². The maximum atomic E-state index is 10.7. The Kier molecular flexibility index (Phi) is 7.81. The van der Waals surface area contributed by atoms with Gasteiger partial charge in [0.15, 0.2) is 0 Å². The minimum absolute atomic E-state index is 0.620. The van der Waals surface area contributed by atoms with Crippen molar-refractivity contribution in [2.75, 3.05) is 25.1 Å². The molecule has 0 aromatic carbocycles. The third-order valence-corrected chi connectivity index (χ3v) is 2.55. The quantitative estimate of drug-likeness (QED) is 0.616. The van der Waals surface area contributed by atoms with Crippen LogP contribution in [0.3, 0.4) is 0 Å². The van der Waals surface area contributed by atoms with Crippen molar-refractivity contribution in [2.45, 2.75) is 26.7 Å². The van der Waals surface area contributed by atoms with Crippen molar-refractivity contribution in [2.24, 2.45) is 5.92 Å². The zero-order chi connectivity index (χ0) is 9.40. The van der Waals surface area contributed by atoms with E-state index >= 15 is 0 Å². The van der Waals surface area contributed by atoms with Crippen LogP contribution < -0.4 is 5.32 Å². The Labute approximate surface area is 78.6 Å². The van der Waals surface area contributed by atoms with E-state index in [0.29, 0.717) is 0 Å². The van der Waals surface area contributed by atoms with Crippen molar-refractivity contribution in [3.63, 3.8) is 0 Å². The molecule has 0 spiro atoms. The molecule has 0 aromatic rings. The van der Waals surface area contributed by atoms with Gasteiger partial charge in [-0.15, -0.1) is 0 Å². The average molecular weight is 191 g/mol. The predicted octanol–water partition coefficient (Wildman–Crippen LogP) is 1.39. The van der Waals surface area contributed by atoms with Crippen molar-refractivity contribution in [3.8, 4) is 0 Å². The van der Waals surface area contributed by atoms with Crippen LogP contribution in [0.25, 0.3) is 0 Å². The first-order valence-electron chi connectivity index (χ1n) is 4.63. The monoisotopic (exact) mass is 191 g/mol.